The Balaban J connectivity index is 0. The Labute approximate surface area is 111 Å². The number of esters is 2. The van der Waals surface area contributed by atoms with Gasteiger partial charge in [0.15, 0.2) is 0 Å². The van der Waals surface area contributed by atoms with Gasteiger partial charge >= 0.3 is 11.9 Å². The Morgan fingerprint density at radius 3 is 1.94 bits per heavy atom. The summed E-state index contributed by atoms with van der Waals surface area (Å²) in [4.78, 5) is 20.9. The van der Waals surface area contributed by atoms with Crippen molar-refractivity contribution in [1.29, 1.82) is 0 Å². The molecule has 0 aromatic heterocycles. The first kappa shape index (κ1) is 19.3. The summed E-state index contributed by atoms with van der Waals surface area (Å²) in [6.45, 7) is 12.3. The maximum absolute atomic E-state index is 10.8. The average Bonchev–Trinajstić information content (AvgIpc) is 2.26. The Morgan fingerprint density at radius 1 is 1.06 bits per heavy atom. The van der Waals surface area contributed by atoms with Gasteiger partial charge in [-0.2, -0.15) is 0 Å². The van der Waals surface area contributed by atoms with Crippen molar-refractivity contribution in [3.63, 3.8) is 0 Å². The first-order valence-electron chi connectivity index (χ1n) is 6.61. The maximum Gasteiger partial charge on any atom is 0.308 e. The molecule has 0 spiro atoms. The number of rotatable bonds is 6. The first-order chi connectivity index (χ1) is 8.31. The second-order valence-electron chi connectivity index (χ2n) is 4.87. The Kier molecular flexibility index (Phi) is 13.3. The number of carbonyl (C=O) groups excluding carboxylic acids is 2. The van der Waals surface area contributed by atoms with Crippen LogP contribution in [0.2, 0.25) is 0 Å². The van der Waals surface area contributed by atoms with E-state index in [1.165, 1.54) is 6.92 Å². The van der Waals surface area contributed by atoms with Crippen LogP contribution in [-0.2, 0) is 19.1 Å². The lowest BCUT2D eigenvalue weighted by Crippen LogP contribution is -2.14. The monoisotopic (exact) mass is 260 g/mol. The van der Waals surface area contributed by atoms with Crippen LogP contribution in [0.3, 0.4) is 0 Å². The highest BCUT2D eigenvalue weighted by atomic mass is 16.5. The van der Waals surface area contributed by atoms with E-state index in [9.17, 15) is 9.59 Å². The van der Waals surface area contributed by atoms with Crippen molar-refractivity contribution in [2.24, 2.45) is 11.8 Å². The predicted octanol–water partition coefficient (Wildman–Crippen LogP) is 3.19. The predicted molar refractivity (Wildman–Crippen MR) is 72.2 cm³/mol. The molecular formula is C14H28O4. The topological polar surface area (TPSA) is 52.6 Å². The lowest BCUT2D eigenvalue weighted by atomic mass is 10.2. The van der Waals surface area contributed by atoms with Crippen LogP contribution in [0.1, 0.15) is 54.4 Å². The molecular weight excluding hydrogens is 232 g/mol. The molecule has 0 radical (unpaired) electrons. The normalized spacial score (nSPS) is 9.78. The quantitative estimate of drug-likeness (QED) is 0.543. The van der Waals surface area contributed by atoms with E-state index in [1.54, 1.807) is 0 Å². The summed E-state index contributed by atoms with van der Waals surface area (Å²) in [7, 11) is 0. The lowest BCUT2D eigenvalue weighted by molar-refractivity contribution is -0.148. The fourth-order valence-electron chi connectivity index (χ4n) is 0.776. The number of unbranched alkanes of at least 4 members (excludes halogenated alkanes) is 1. The van der Waals surface area contributed by atoms with Gasteiger partial charge in [0, 0.05) is 6.92 Å². The molecule has 18 heavy (non-hydrogen) atoms. The van der Waals surface area contributed by atoms with Gasteiger partial charge in [-0.3, -0.25) is 9.59 Å². The minimum atomic E-state index is -0.182. The number of carbonyl (C=O) groups is 2. The zero-order valence-corrected chi connectivity index (χ0v) is 12.6. The van der Waals surface area contributed by atoms with E-state index in [4.69, 9.17) is 4.74 Å². The maximum atomic E-state index is 10.8. The van der Waals surface area contributed by atoms with Crippen LogP contribution in [0.25, 0.3) is 0 Å². The average molecular weight is 260 g/mol. The zero-order chi connectivity index (χ0) is 14.6. The van der Waals surface area contributed by atoms with E-state index in [2.05, 4.69) is 11.7 Å². The van der Waals surface area contributed by atoms with Gasteiger partial charge in [0.1, 0.15) is 0 Å². The van der Waals surface area contributed by atoms with Crippen molar-refractivity contribution < 1.29 is 19.1 Å². The second-order valence-corrected chi connectivity index (χ2v) is 4.87. The second kappa shape index (κ2) is 12.4. The van der Waals surface area contributed by atoms with E-state index in [0.717, 1.165) is 12.8 Å². The molecule has 108 valence electrons. The third kappa shape index (κ3) is 17.3. The van der Waals surface area contributed by atoms with Gasteiger partial charge in [-0.15, -0.1) is 0 Å². The minimum absolute atomic E-state index is 0.00116. The smallest absolute Gasteiger partial charge is 0.308 e. The molecule has 0 rings (SSSR count). The van der Waals surface area contributed by atoms with Gasteiger partial charge in [-0.25, -0.2) is 0 Å². The van der Waals surface area contributed by atoms with Crippen molar-refractivity contribution >= 4 is 11.9 Å². The minimum Gasteiger partial charge on any atom is -0.466 e. The van der Waals surface area contributed by atoms with E-state index in [1.807, 2.05) is 27.7 Å². The van der Waals surface area contributed by atoms with Gasteiger partial charge in [0.05, 0.1) is 19.1 Å². The van der Waals surface area contributed by atoms with Gasteiger partial charge < -0.3 is 9.47 Å². The largest absolute Gasteiger partial charge is 0.466 e. The number of hydrogen-bond acceptors (Lipinski definition) is 4. The summed E-state index contributed by atoms with van der Waals surface area (Å²) in [5.74, 6) is 0.147. The molecule has 0 bridgehead atoms. The van der Waals surface area contributed by atoms with Crippen LogP contribution in [0.15, 0.2) is 0 Å². The summed E-state index contributed by atoms with van der Waals surface area (Å²) in [6.07, 6.45) is 2.05. The molecule has 0 aliphatic heterocycles. The third-order valence-electron chi connectivity index (χ3n) is 1.83. The standard InChI is InChI=1S/C8H16O2.C6H12O2/c1-6(2)5-10-8(9)7(3)4;1-3-4-5-8-6(2)7/h6-7H,5H2,1-4H3;3-5H2,1-2H3. The molecule has 4 nitrogen and oxygen atoms in total. The molecule has 0 aliphatic rings. The van der Waals surface area contributed by atoms with Gasteiger partial charge in [-0.05, 0) is 12.3 Å². The van der Waals surface area contributed by atoms with Crippen molar-refractivity contribution in [3.05, 3.63) is 0 Å². The highest BCUT2D eigenvalue weighted by Crippen LogP contribution is 1.99. The fraction of sp³-hybridized carbons (Fsp3) is 0.857. The molecule has 0 amide bonds. The molecule has 0 N–H and O–H groups in total. The van der Waals surface area contributed by atoms with Crippen molar-refractivity contribution in [2.75, 3.05) is 13.2 Å². The Bertz CT molecular complexity index is 222. The van der Waals surface area contributed by atoms with Crippen molar-refractivity contribution in [3.8, 4) is 0 Å². The summed E-state index contributed by atoms with van der Waals surface area (Å²) in [6, 6.07) is 0. The summed E-state index contributed by atoms with van der Waals surface area (Å²) < 4.78 is 9.57. The fourth-order valence-corrected chi connectivity index (χ4v) is 0.776. The summed E-state index contributed by atoms with van der Waals surface area (Å²) in [5.41, 5.74) is 0. The molecule has 0 saturated carbocycles. The Hall–Kier alpha value is -1.06. The SMILES string of the molecule is CC(C)COC(=O)C(C)C.CCCCOC(C)=O. The molecule has 0 saturated heterocycles. The van der Waals surface area contributed by atoms with E-state index in [0.29, 0.717) is 19.1 Å². The molecule has 0 unspecified atom stereocenters. The third-order valence-corrected chi connectivity index (χ3v) is 1.83. The van der Waals surface area contributed by atoms with Crippen LogP contribution in [0.5, 0.6) is 0 Å². The molecule has 0 heterocycles. The summed E-state index contributed by atoms with van der Waals surface area (Å²) >= 11 is 0. The molecule has 0 atom stereocenters. The van der Waals surface area contributed by atoms with Crippen molar-refractivity contribution in [2.45, 2.75) is 54.4 Å². The Morgan fingerprint density at radius 2 is 1.61 bits per heavy atom. The van der Waals surface area contributed by atoms with E-state index < -0.39 is 0 Å². The molecule has 4 heteroatoms. The van der Waals surface area contributed by atoms with Crippen molar-refractivity contribution in [1.82, 2.24) is 0 Å². The number of hydrogen-bond donors (Lipinski definition) is 0. The van der Waals surface area contributed by atoms with E-state index in [-0.39, 0.29) is 17.9 Å². The van der Waals surface area contributed by atoms with Crippen LogP contribution in [-0.4, -0.2) is 25.2 Å². The van der Waals surface area contributed by atoms with E-state index >= 15 is 0 Å². The molecule has 0 aromatic rings. The highest BCUT2D eigenvalue weighted by molar-refractivity contribution is 5.71. The van der Waals surface area contributed by atoms with Gasteiger partial charge in [0.25, 0.3) is 0 Å². The summed E-state index contributed by atoms with van der Waals surface area (Å²) in [5, 5.41) is 0. The lowest BCUT2D eigenvalue weighted by Gasteiger charge is -2.08. The van der Waals surface area contributed by atoms with Gasteiger partial charge in [-0.1, -0.05) is 41.0 Å². The van der Waals surface area contributed by atoms with Crippen LogP contribution < -0.4 is 0 Å². The first-order valence-corrected chi connectivity index (χ1v) is 6.61. The zero-order valence-electron chi connectivity index (χ0n) is 12.6. The van der Waals surface area contributed by atoms with Crippen LogP contribution in [0, 0.1) is 11.8 Å². The molecule has 0 aliphatic carbocycles. The van der Waals surface area contributed by atoms with Crippen LogP contribution >= 0.6 is 0 Å². The van der Waals surface area contributed by atoms with Gasteiger partial charge in [0.2, 0.25) is 0 Å². The highest BCUT2D eigenvalue weighted by Gasteiger charge is 2.07. The van der Waals surface area contributed by atoms with Crippen LogP contribution in [0.4, 0.5) is 0 Å². The number of ether oxygens (including phenoxy) is 2. The molecule has 0 aromatic carbocycles. The molecule has 0 fully saturated rings.